The van der Waals surface area contributed by atoms with E-state index in [2.05, 4.69) is 46.6 Å². The van der Waals surface area contributed by atoms with E-state index in [1.54, 1.807) is 19.2 Å². The number of piperidine rings is 1. The molecule has 2 heterocycles. The van der Waals surface area contributed by atoms with E-state index in [9.17, 15) is 5.11 Å². The number of phenolic OH excluding ortho intramolecular Hbond substituents is 1. The monoisotopic (exact) mass is 578 g/mol. The van der Waals surface area contributed by atoms with Gasteiger partial charge in [0.15, 0.2) is 11.5 Å². The lowest BCUT2D eigenvalue weighted by Gasteiger charge is -2.74. The predicted molar refractivity (Wildman–Crippen MR) is 166 cm³/mol. The number of phenols is 1. The molecule has 2 spiro atoms. The van der Waals surface area contributed by atoms with Crippen LogP contribution in [0.25, 0.3) is 0 Å². The summed E-state index contributed by atoms with van der Waals surface area (Å²) in [5.74, 6) is 3.29. The Morgan fingerprint density at radius 1 is 1.02 bits per heavy atom. The molecule has 2 N–H and O–H groups in total. The molecule has 6 nitrogen and oxygen atoms in total. The second kappa shape index (κ2) is 9.15. The second-order valence-corrected chi connectivity index (χ2v) is 14.2. The van der Waals surface area contributed by atoms with Gasteiger partial charge in [0.2, 0.25) is 0 Å². The summed E-state index contributed by atoms with van der Waals surface area (Å²) < 4.78 is 20.0. The quantitative estimate of drug-likeness (QED) is 0.322. The van der Waals surface area contributed by atoms with Crippen LogP contribution in [0.3, 0.4) is 0 Å². The maximum absolute atomic E-state index is 9.69. The molecule has 1 saturated heterocycles. The van der Waals surface area contributed by atoms with Crippen molar-refractivity contribution in [1.29, 1.82) is 0 Å². The van der Waals surface area contributed by atoms with Gasteiger partial charge in [0.1, 0.15) is 17.5 Å². The lowest BCUT2D eigenvalue weighted by Crippen LogP contribution is -2.80. The van der Waals surface area contributed by atoms with Gasteiger partial charge in [-0.25, -0.2) is 0 Å². The number of likely N-dealkylation sites (tertiary alicyclic amines) is 1. The number of aromatic hydroxyl groups is 1. The highest BCUT2D eigenvalue weighted by atomic mass is 16.6. The molecular formula is C37H42N2O4. The topological polar surface area (TPSA) is 63.2 Å². The molecule has 7 aliphatic rings. The minimum absolute atomic E-state index is 0.0259. The smallest absolute Gasteiger partial charge is 0.165 e. The molecule has 0 radical (unpaired) electrons. The van der Waals surface area contributed by atoms with Crippen molar-refractivity contribution in [3.8, 4) is 17.2 Å². The minimum Gasteiger partial charge on any atom is -0.508 e. The largest absolute Gasteiger partial charge is 0.508 e. The van der Waals surface area contributed by atoms with Crippen molar-refractivity contribution in [3.05, 3.63) is 82.9 Å². The van der Waals surface area contributed by atoms with Crippen LogP contribution in [0.5, 0.6) is 17.2 Å². The molecule has 5 fully saturated rings. The average molecular weight is 579 g/mol. The number of rotatable bonds is 8. The normalized spacial score (nSPS) is 34.9. The zero-order valence-electron chi connectivity index (χ0n) is 25.3. The standard InChI is InChI=1S/C37H42N2O4/c1-41-30-13-10-26-19-31-35-14-15-37(42-2,34-36(35,32(26)33(30)43-34)16-17-39(31)22-24-6-7-24)29(20-35)25-4-3-5-27(18-25)38-21-23-8-11-28(40)12-9-23/h3-5,8-13,18,24,29,31,34,38,40H,6-7,14-17,19-22H2,1-2H3/t29-,31-,34-,35-,36+,37-/m1/s1. The number of hydrogen-bond acceptors (Lipinski definition) is 6. The van der Waals surface area contributed by atoms with Gasteiger partial charge in [-0.1, -0.05) is 30.3 Å². The Balaban J connectivity index is 1.14. The van der Waals surface area contributed by atoms with E-state index in [1.165, 1.54) is 42.5 Å². The highest BCUT2D eigenvalue weighted by molar-refractivity contribution is 5.64. The molecule has 6 heteroatoms. The molecule has 4 bridgehead atoms. The van der Waals surface area contributed by atoms with Crippen molar-refractivity contribution >= 4 is 5.69 Å². The Morgan fingerprint density at radius 2 is 1.88 bits per heavy atom. The van der Waals surface area contributed by atoms with Crippen LogP contribution in [0, 0.1) is 11.3 Å². The molecular weight excluding hydrogens is 536 g/mol. The molecule has 0 amide bonds. The second-order valence-electron chi connectivity index (χ2n) is 14.2. The van der Waals surface area contributed by atoms with Gasteiger partial charge in [0, 0.05) is 54.2 Å². The number of anilines is 1. The van der Waals surface area contributed by atoms with Crippen molar-refractivity contribution < 1.29 is 19.3 Å². The summed E-state index contributed by atoms with van der Waals surface area (Å²) in [5.41, 5.74) is 6.25. The Morgan fingerprint density at radius 3 is 2.67 bits per heavy atom. The van der Waals surface area contributed by atoms with Crippen LogP contribution >= 0.6 is 0 Å². The first-order chi connectivity index (χ1) is 21.0. The van der Waals surface area contributed by atoms with Crippen molar-refractivity contribution in [2.45, 2.75) is 80.6 Å². The summed E-state index contributed by atoms with van der Waals surface area (Å²) in [6, 6.07) is 21.5. The van der Waals surface area contributed by atoms with Crippen LogP contribution in [-0.4, -0.2) is 55.1 Å². The number of nitrogens with zero attached hydrogens (tertiary/aromatic N) is 1. The van der Waals surface area contributed by atoms with Crippen molar-refractivity contribution in [2.24, 2.45) is 11.3 Å². The van der Waals surface area contributed by atoms with Gasteiger partial charge < -0.3 is 24.6 Å². The summed E-state index contributed by atoms with van der Waals surface area (Å²) in [4.78, 5) is 2.91. The molecule has 224 valence electrons. The summed E-state index contributed by atoms with van der Waals surface area (Å²) in [6.45, 7) is 3.11. The van der Waals surface area contributed by atoms with Crippen molar-refractivity contribution in [3.63, 3.8) is 0 Å². The third-order valence-electron chi connectivity index (χ3n) is 12.6. The highest BCUT2D eigenvalue weighted by Gasteiger charge is 2.80. The third kappa shape index (κ3) is 3.42. The summed E-state index contributed by atoms with van der Waals surface area (Å²) in [7, 11) is 3.71. The van der Waals surface area contributed by atoms with Gasteiger partial charge in [-0.3, -0.25) is 4.90 Å². The fraction of sp³-hybridized carbons (Fsp3) is 0.514. The van der Waals surface area contributed by atoms with Gasteiger partial charge in [0.05, 0.1) is 7.11 Å². The molecule has 5 aliphatic carbocycles. The van der Waals surface area contributed by atoms with Crippen LogP contribution in [0.4, 0.5) is 5.69 Å². The Bertz CT molecular complexity index is 1590. The van der Waals surface area contributed by atoms with Gasteiger partial charge in [-0.2, -0.15) is 0 Å². The van der Waals surface area contributed by atoms with Gasteiger partial charge >= 0.3 is 0 Å². The molecule has 4 saturated carbocycles. The van der Waals surface area contributed by atoms with Crippen molar-refractivity contribution in [1.82, 2.24) is 4.90 Å². The Kier molecular flexibility index (Phi) is 5.58. The molecule has 10 rings (SSSR count). The zero-order chi connectivity index (χ0) is 29.0. The Labute approximate surface area is 254 Å². The van der Waals surface area contributed by atoms with Gasteiger partial charge in [-0.15, -0.1) is 0 Å². The first-order valence-electron chi connectivity index (χ1n) is 16.3. The molecule has 2 aliphatic heterocycles. The van der Waals surface area contributed by atoms with Crippen LogP contribution in [0.1, 0.15) is 66.7 Å². The van der Waals surface area contributed by atoms with Crippen molar-refractivity contribution in [2.75, 3.05) is 32.6 Å². The third-order valence-corrected chi connectivity index (χ3v) is 12.6. The summed E-state index contributed by atoms with van der Waals surface area (Å²) >= 11 is 0. The summed E-state index contributed by atoms with van der Waals surface area (Å²) in [5, 5.41) is 13.3. The van der Waals surface area contributed by atoms with Crippen LogP contribution in [0.15, 0.2) is 60.7 Å². The first kappa shape index (κ1) is 26.2. The van der Waals surface area contributed by atoms with E-state index in [1.807, 2.05) is 19.2 Å². The molecule has 6 atom stereocenters. The maximum Gasteiger partial charge on any atom is 0.165 e. The van der Waals surface area contributed by atoms with Crippen LogP contribution < -0.4 is 14.8 Å². The van der Waals surface area contributed by atoms with Gasteiger partial charge in [-0.05, 0) is 104 Å². The number of nitrogens with one attached hydrogen (secondary N) is 1. The SMILES string of the molecule is COc1ccc2c3c1O[C@H]1[C@@]4(OC)CC[C@@]5(C[C@@H]4c4cccc(NCc6ccc(O)cc6)c4)[C@@H](C2)N(CC2CC2)CC[C@]315. The number of fused-ring (bicyclic) bond motifs is 2. The molecule has 43 heavy (non-hydrogen) atoms. The fourth-order valence-electron chi connectivity index (χ4n) is 10.6. The van der Waals surface area contributed by atoms with E-state index in [4.69, 9.17) is 14.2 Å². The molecule has 3 aromatic rings. The predicted octanol–water partition coefficient (Wildman–Crippen LogP) is 6.41. The number of ether oxygens (including phenoxy) is 3. The lowest BCUT2D eigenvalue weighted by molar-refractivity contribution is -0.261. The van der Waals surface area contributed by atoms with E-state index < -0.39 is 5.60 Å². The zero-order valence-corrected chi connectivity index (χ0v) is 25.3. The lowest BCUT2D eigenvalue weighted by atomic mass is 9.34. The molecule has 0 unspecified atom stereocenters. The van der Waals surface area contributed by atoms with E-state index in [0.717, 1.165) is 60.9 Å². The molecule has 3 aromatic carbocycles. The fourth-order valence-corrected chi connectivity index (χ4v) is 10.6. The number of methoxy groups -OCH3 is 2. The first-order valence-corrected chi connectivity index (χ1v) is 16.3. The van der Waals surface area contributed by atoms with E-state index in [-0.39, 0.29) is 22.9 Å². The van der Waals surface area contributed by atoms with Crippen LogP contribution in [0.2, 0.25) is 0 Å². The maximum atomic E-state index is 9.69. The van der Waals surface area contributed by atoms with Crippen LogP contribution in [-0.2, 0) is 23.1 Å². The Hall–Kier alpha value is -3.22. The molecule has 0 aromatic heterocycles. The highest BCUT2D eigenvalue weighted by Crippen LogP contribution is 2.78. The minimum atomic E-state index is -0.404. The summed E-state index contributed by atoms with van der Waals surface area (Å²) in [6.07, 6.45) is 8.35. The number of benzene rings is 3. The van der Waals surface area contributed by atoms with Gasteiger partial charge in [0.25, 0.3) is 0 Å². The average Bonchev–Trinajstić information content (AvgIpc) is 3.79. The van der Waals surface area contributed by atoms with E-state index in [0.29, 0.717) is 18.3 Å². The number of hydrogen-bond donors (Lipinski definition) is 2. The van der Waals surface area contributed by atoms with E-state index >= 15 is 0 Å².